The van der Waals surface area contributed by atoms with E-state index >= 15 is 0 Å². The van der Waals surface area contributed by atoms with Gasteiger partial charge in [-0.25, -0.2) is 4.79 Å². The second-order valence-electron chi connectivity index (χ2n) is 2.02. The third kappa shape index (κ3) is 8.32. The average Bonchev–Trinajstić information content (AvgIpc) is 1.81. The van der Waals surface area contributed by atoms with Gasteiger partial charge in [0, 0.05) is 0 Å². The van der Waals surface area contributed by atoms with Crippen LogP contribution < -0.4 is 35.3 Å². The number of nitrogens with two attached hydrogens (primary N) is 1. The topological polar surface area (TPSA) is 86.5 Å². The SMILES string of the molecule is CCCCS(=O)(=O)OC(N)=O.[H-].[Na+]. The van der Waals surface area contributed by atoms with Gasteiger partial charge in [0.15, 0.2) is 0 Å². The van der Waals surface area contributed by atoms with E-state index in [9.17, 15) is 13.2 Å². The summed E-state index contributed by atoms with van der Waals surface area (Å²) in [5, 5.41) is 0. The Labute approximate surface area is 95.5 Å². The Bertz CT molecular complexity index is 231. The van der Waals surface area contributed by atoms with Crippen molar-refractivity contribution in [3.63, 3.8) is 0 Å². The Morgan fingerprint density at radius 1 is 1.58 bits per heavy atom. The summed E-state index contributed by atoms with van der Waals surface area (Å²) >= 11 is 0. The van der Waals surface area contributed by atoms with Gasteiger partial charge in [-0.05, 0) is 6.42 Å². The fourth-order valence-electron chi connectivity index (χ4n) is 0.488. The van der Waals surface area contributed by atoms with Crippen molar-refractivity contribution >= 4 is 16.2 Å². The fourth-order valence-corrected chi connectivity index (χ4v) is 1.46. The number of hydrogen-bond acceptors (Lipinski definition) is 4. The van der Waals surface area contributed by atoms with Gasteiger partial charge in [0.1, 0.15) is 0 Å². The average molecular weight is 205 g/mol. The summed E-state index contributed by atoms with van der Waals surface area (Å²) in [5.74, 6) is -0.160. The van der Waals surface area contributed by atoms with Crippen molar-refractivity contribution in [2.45, 2.75) is 19.8 Å². The first-order valence-corrected chi connectivity index (χ1v) is 4.77. The molecule has 68 valence electrons. The van der Waals surface area contributed by atoms with Crippen LogP contribution in [0.4, 0.5) is 4.79 Å². The Morgan fingerprint density at radius 2 is 2.08 bits per heavy atom. The van der Waals surface area contributed by atoms with E-state index in [1.165, 1.54) is 0 Å². The predicted octanol–water partition coefficient (Wildman–Crippen LogP) is -2.67. The molecule has 0 aliphatic rings. The predicted molar refractivity (Wildman–Crippen MR) is 40.5 cm³/mol. The number of amides is 1. The molecule has 0 unspecified atom stereocenters. The van der Waals surface area contributed by atoms with Gasteiger partial charge >= 0.3 is 45.8 Å². The van der Waals surface area contributed by atoms with Crippen LogP contribution in [0.5, 0.6) is 0 Å². The molecule has 0 atom stereocenters. The largest absolute Gasteiger partial charge is 1.00 e. The smallest absolute Gasteiger partial charge is 1.00 e. The zero-order valence-electron chi connectivity index (χ0n) is 8.24. The number of primary amides is 1. The second-order valence-corrected chi connectivity index (χ2v) is 3.71. The first kappa shape index (κ1) is 14.7. The molecular weight excluding hydrogens is 193 g/mol. The third-order valence-electron chi connectivity index (χ3n) is 0.957. The Morgan fingerprint density at radius 3 is 2.42 bits per heavy atom. The van der Waals surface area contributed by atoms with Crippen molar-refractivity contribution in [2.75, 3.05) is 5.75 Å². The first-order valence-electron chi connectivity index (χ1n) is 3.19. The molecule has 0 radical (unpaired) electrons. The quantitative estimate of drug-likeness (QED) is 0.400. The minimum Gasteiger partial charge on any atom is -1.00 e. The molecule has 1 amide bonds. The van der Waals surface area contributed by atoms with Crippen molar-refractivity contribution in [1.29, 1.82) is 0 Å². The maximum absolute atomic E-state index is 10.7. The van der Waals surface area contributed by atoms with Crippen LogP contribution >= 0.6 is 0 Å². The van der Waals surface area contributed by atoms with Crippen LogP contribution in [-0.4, -0.2) is 20.3 Å². The van der Waals surface area contributed by atoms with Crippen molar-refractivity contribution in [2.24, 2.45) is 5.73 Å². The van der Waals surface area contributed by atoms with Crippen molar-refractivity contribution in [3.8, 4) is 0 Å². The van der Waals surface area contributed by atoms with Gasteiger partial charge in [-0.3, -0.25) is 0 Å². The van der Waals surface area contributed by atoms with Gasteiger partial charge in [0.25, 0.3) is 0 Å². The number of hydrogen-bond donors (Lipinski definition) is 1. The molecule has 0 bridgehead atoms. The third-order valence-corrected chi connectivity index (χ3v) is 2.16. The molecule has 0 aliphatic carbocycles. The first-order chi connectivity index (χ1) is 4.98. The zero-order chi connectivity index (χ0) is 8.91. The summed E-state index contributed by atoms with van der Waals surface area (Å²) in [7, 11) is -3.72. The molecule has 0 fully saturated rings. The van der Waals surface area contributed by atoms with E-state index in [2.05, 4.69) is 9.92 Å². The molecule has 12 heavy (non-hydrogen) atoms. The van der Waals surface area contributed by atoms with Crippen LogP contribution in [0, 0.1) is 0 Å². The van der Waals surface area contributed by atoms with Crippen LogP contribution in [0.15, 0.2) is 0 Å². The van der Waals surface area contributed by atoms with Crippen molar-refractivity contribution < 1.29 is 48.4 Å². The van der Waals surface area contributed by atoms with Crippen molar-refractivity contribution in [3.05, 3.63) is 0 Å². The Hall–Kier alpha value is 0.220. The molecule has 0 aromatic carbocycles. The number of rotatable bonds is 4. The minimum absolute atomic E-state index is 0. The van der Waals surface area contributed by atoms with E-state index in [1.54, 1.807) is 0 Å². The number of carbonyl (C=O) groups excluding carboxylic acids is 1. The maximum atomic E-state index is 10.7. The van der Waals surface area contributed by atoms with Crippen LogP contribution in [0.2, 0.25) is 0 Å². The Balaban J connectivity index is -0.000000500. The molecule has 0 aromatic rings. The van der Waals surface area contributed by atoms with Crippen LogP contribution in [0.1, 0.15) is 21.2 Å². The molecule has 7 heteroatoms. The second kappa shape index (κ2) is 6.71. The Kier molecular flexibility index (Phi) is 8.23. The molecular formula is C5H12NNaO4S. The van der Waals surface area contributed by atoms with Gasteiger partial charge in [0.05, 0.1) is 5.75 Å². The molecule has 0 rings (SSSR count). The summed E-state index contributed by atoms with van der Waals surface area (Å²) in [4.78, 5) is 10.00. The summed E-state index contributed by atoms with van der Waals surface area (Å²) in [6, 6.07) is 0. The molecule has 0 saturated carbocycles. The fraction of sp³-hybridized carbons (Fsp3) is 0.800. The minimum atomic E-state index is -3.72. The molecule has 0 aromatic heterocycles. The van der Waals surface area contributed by atoms with Crippen LogP contribution in [0.25, 0.3) is 0 Å². The molecule has 2 N–H and O–H groups in total. The zero-order valence-corrected chi connectivity index (χ0v) is 10.1. The maximum Gasteiger partial charge on any atom is 1.00 e. The van der Waals surface area contributed by atoms with E-state index in [1.807, 2.05) is 6.92 Å². The van der Waals surface area contributed by atoms with Gasteiger partial charge in [-0.1, -0.05) is 13.3 Å². The van der Waals surface area contributed by atoms with Gasteiger partial charge < -0.3 is 11.3 Å². The monoisotopic (exact) mass is 205 g/mol. The standard InChI is InChI=1S/C5H11NO4S.Na.H/c1-2-3-4-11(8,9)10-5(6)7;;/h2-4H2,1H3,(H2,6,7);;/q;+1;-1. The van der Waals surface area contributed by atoms with Crippen molar-refractivity contribution in [1.82, 2.24) is 0 Å². The summed E-state index contributed by atoms with van der Waals surface area (Å²) in [5.41, 5.74) is 4.51. The van der Waals surface area contributed by atoms with Gasteiger partial charge in [0.2, 0.25) is 0 Å². The number of carbonyl (C=O) groups is 1. The normalized spacial score (nSPS) is 10.1. The molecule has 0 saturated heterocycles. The molecule has 5 nitrogen and oxygen atoms in total. The van der Waals surface area contributed by atoms with E-state index < -0.39 is 16.2 Å². The van der Waals surface area contributed by atoms with E-state index in [4.69, 9.17) is 0 Å². The summed E-state index contributed by atoms with van der Waals surface area (Å²) in [6.45, 7) is 1.83. The van der Waals surface area contributed by atoms with E-state index in [0.717, 1.165) is 6.42 Å². The summed E-state index contributed by atoms with van der Waals surface area (Å²) in [6.07, 6.45) is -0.0853. The van der Waals surface area contributed by atoms with E-state index in [-0.39, 0.29) is 36.7 Å². The summed E-state index contributed by atoms with van der Waals surface area (Å²) < 4.78 is 25.2. The van der Waals surface area contributed by atoms with Crippen LogP contribution in [-0.2, 0) is 14.3 Å². The van der Waals surface area contributed by atoms with Crippen LogP contribution in [0.3, 0.4) is 0 Å². The van der Waals surface area contributed by atoms with Gasteiger partial charge in [-0.15, -0.1) is 0 Å². The molecule has 0 heterocycles. The number of unbranched alkanes of at least 4 members (excludes halogenated alkanes) is 1. The molecule has 0 spiro atoms. The molecule has 0 aliphatic heterocycles. The van der Waals surface area contributed by atoms with E-state index in [0.29, 0.717) is 6.42 Å². The van der Waals surface area contributed by atoms with Gasteiger partial charge in [-0.2, -0.15) is 8.42 Å².